The van der Waals surface area contributed by atoms with Crippen molar-refractivity contribution in [1.82, 2.24) is 0 Å². The smallest absolute Gasteiger partial charge is 0.102 e. The molecule has 0 rings (SSSR count). The zero-order valence-corrected chi connectivity index (χ0v) is 8.43. The van der Waals surface area contributed by atoms with Gasteiger partial charge in [-0.3, -0.25) is 4.99 Å². The zero-order chi connectivity index (χ0) is 9.23. The highest BCUT2D eigenvalue weighted by atomic mass is 35.5. The molecule has 0 aliphatic carbocycles. The van der Waals surface area contributed by atoms with Crippen LogP contribution in [0.4, 0.5) is 0 Å². The van der Waals surface area contributed by atoms with Gasteiger partial charge in [0, 0.05) is 12.8 Å². The van der Waals surface area contributed by atoms with E-state index in [0.29, 0.717) is 0 Å². The van der Waals surface area contributed by atoms with E-state index in [1.807, 2.05) is 0 Å². The first-order valence-electron chi connectivity index (χ1n) is 4.55. The molecule has 0 spiro atoms. The SMILES string of the molecule is CCCCCCN=CC(O)CCl. The first-order chi connectivity index (χ1) is 5.81. The monoisotopic (exact) mass is 191 g/mol. The Balaban J connectivity index is 3.12. The Hall–Kier alpha value is -0.0800. The molecule has 0 aromatic rings. The number of alkyl halides is 1. The van der Waals surface area contributed by atoms with Gasteiger partial charge in [-0.25, -0.2) is 0 Å². The Morgan fingerprint density at radius 2 is 2.17 bits per heavy atom. The molecular formula is C9H18ClNO. The molecule has 0 bridgehead atoms. The largest absolute Gasteiger partial charge is 0.386 e. The lowest BCUT2D eigenvalue weighted by atomic mass is 10.2. The number of unbranched alkanes of at least 4 members (excludes halogenated alkanes) is 3. The Morgan fingerprint density at radius 3 is 2.75 bits per heavy atom. The van der Waals surface area contributed by atoms with Gasteiger partial charge in [-0.2, -0.15) is 0 Å². The van der Waals surface area contributed by atoms with Gasteiger partial charge in [0.05, 0.1) is 5.88 Å². The van der Waals surface area contributed by atoms with Gasteiger partial charge in [0.1, 0.15) is 6.10 Å². The summed E-state index contributed by atoms with van der Waals surface area (Å²) in [6.07, 6.45) is 5.81. The van der Waals surface area contributed by atoms with Crippen molar-refractivity contribution < 1.29 is 5.11 Å². The number of aliphatic hydroxyl groups excluding tert-OH is 1. The number of rotatable bonds is 7. The van der Waals surface area contributed by atoms with E-state index in [9.17, 15) is 0 Å². The summed E-state index contributed by atoms with van der Waals surface area (Å²) in [7, 11) is 0. The van der Waals surface area contributed by atoms with E-state index in [2.05, 4.69) is 11.9 Å². The fraction of sp³-hybridized carbons (Fsp3) is 0.889. The van der Waals surface area contributed by atoms with E-state index in [4.69, 9.17) is 16.7 Å². The van der Waals surface area contributed by atoms with Gasteiger partial charge >= 0.3 is 0 Å². The van der Waals surface area contributed by atoms with Crippen molar-refractivity contribution in [2.24, 2.45) is 4.99 Å². The van der Waals surface area contributed by atoms with Crippen LogP contribution in [0.15, 0.2) is 4.99 Å². The molecule has 1 N–H and O–H groups in total. The van der Waals surface area contributed by atoms with Crippen LogP contribution in [-0.4, -0.2) is 29.8 Å². The highest BCUT2D eigenvalue weighted by Crippen LogP contribution is 1.98. The molecule has 0 radical (unpaired) electrons. The lowest BCUT2D eigenvalue weighted by Gasteiger charge is -1.97. The van der Waals surface area contributed by atoms with Gasteiger partial charge in [-0.05, 0) is 6.42 Å². The lowest BCUT2D eigenvalue weighted by Crippen LogP contribution is -2.09. The summed E-state index contributed by atoms with van der Waals surface area (Å²) in [5.41, 5.74) is 0. The summed E-state index contributed by atoms with van der Waals surface area (Å²) in [5.74, 6) is 0.235. The average Bonchev–Trinajstić information content (AvgIpc) is 2.10. The zero-order valence-electron chi connectivity index (χ0n) is 7.67. The molecule has 0 aliphatic heterocycles. The number of aliphatic imine (C=N–C) groups is 1. The van der Waals surface area contributed by atoms with Crippen LogP contribution in [0.3, 0.4) is 0 Å². The number of nitrogens with zero attached hydrogens (tertiary/aromatic N) is 1. The Kier molecular flexibility index (Phi) is 8.95. The minimum atomic E-state index is -0.571. The predicted octanol–water partition coefficient (Wildman–Crippen LogP) is 2.24. The van der Waals surface area contributed by atoms with E-state index in [1.165, 1.54) is 25.5 Å². The minimum absolute atomic E-state index is 0.235. The van der Waals surface area contributed by atoms with Gasteiger partial charge in [-0.15, -0.1) is 11.6 Å². The number of hydrogen-bond acceptors (Lipinski definition) is 2. The van der Waals surface area contributed by atoms with Crippen molar-refractivity contribution >= 4 is 17.8 Å². The van der Waals surface area contributed by atoms with Crippen LogP contribution in [0.5, 0.6) is 0 Å². The summed E-state index contributed by atoms with van der Waals surface area (Å²) >= 11 is 5.37. The van der Waals surface area contributed by atoms with Crippen molar-refractivity contribution in [1.29, 1.82) is 0 Å². The third-order valence-electron chi connectivity index (χ3n) is 1.58. The maximum atomic E-state index is 8.98. The van der Waals surface area contributed by atoms with Gasteiger partial charge < -0.3 is 5.11 Å². The van der Waals surface area contributed by atoms with Crippen LogP contribution in [0.2, 0.25) is 0 Å². The van der Waals surface area contributed by atoms with Crippen molar-refractivity contribution in [2.45, 2.75) is 38.7 Å². The maximum absolute atomic E-state index is 8.98. The van der Waals surface area contributed by atoms with Crippen LogP contribution in [0.25, 0.3) is 0 Å². The molecule has 3 heteroatoms. The molecule has 0 heterocycles. The minimum Gasteiger partial charge on any atom is -0.386 e. The van der Waals surface area contributed by atoms with Gasteiger partial charge in [0.25, 0.3) is 0 Å². The summed E-state index contributed by atoms with van der Waals surface area (Å²) in [4.78, 5) is 4.05. The highest BCUT2D eigenvalue weighted by Gasteiger charge is 1.93. The summed E-state index contributed by atoms with van der Waals surface area (Å²) in [5, 5.41) is 8.98. The second kappa shape index (κ2) is 9.01. The van der Waals surface area contributed by atoms with Crippen molar-refractivity contribution in [2.75, 3.05) is 12.4 Å². The van der Waals surface area contributed by atoms with Gasteiger partial charge in [0.2, 0.25) is 0 Å². The standard InChI is InChI=1S/C9H18ClNO/c1-2-3-4-5-6-11-8-9(12)7-10/h8-9,12H,2-7H2,1H3. The average molecular weight is 192 g/mol. The molecule has 0 fully saturated rings. The van der Waals surface area contributed by atoms with E-state index in [0.717, 1.165) is 13.0 Å². The number of hydrogen-bond donors (Lipinski definition) is 1. The fourth-order valence-electron chi connectivity index (χ4n) is 0.866. The molecule has 1 atom stereocenters. The van der Waals surface area contributed by atoms with Gasteiger partial charge in [-0.1, -0.05) is 26.2 Å². The van der Waals surface area contributed by atoms with Crippen LogP contribution < -0.4 is 0 Å². The van der Waals surface area contributed by atoms with E-state index < -0.39 is 6.10 Å². The molecule has 12 heavy (non-hydrogen) atoms. The van der Waals surface area contributed by atoms with Crippen LogP contribution in [0, 0.1) is 0 Å². The fourth-order valence-corrected chi connectivity index (χ4v) is 0.946. The van der Waals surface area contributed by atoms with Crippen molar-refractivity contribution in [3.05, 3.63) is 0 Å². The maximum Gasteiger partial charge on any atom is 0.102 e. The van der Waals surface area contributed by atoms with Crippen LogP contribution in [-0.2, 0) is 0 Å². The molecule has 0 aromatic heterocycles. The Morgan fingerprint density at radius 1 is 1.42 bits per heavy atom. The lowest BCUT2D eigenvalue weighted by molar-refractivity contribution is 0.269. The Labute approximate surface area is 79.7 Å². The second-order valence-corrected chi connectivity index (χ2v) is 3.15. The molecule has 0 saturated heterocycles. The molecule has 0 aromatic carbocycles. The molecule has 0 amide bonds. The summed E-state index contributed by atoms with van der Waals surface area (Å²) < 4.78 is 0. The summed E-state index contributed by atoms with van der Waals surface area (Å²) in [6, 6.07) is 0. The third-order valence-corrected chi connectivity index (χ3v) is 1.89. The normalized spacial score (nSPS) is 13.9. The third kappa shape index (κ3) is 8.02. The molecule has 0 aliphatic rings. The molecule has 72 valence electrons. The molecule has 0 saturated carbocycles. The summed E-state index contributed by atoms with van der Waals surface area (Å²) in [6.45, 7) is 2.99. The quantitative estimate of drug-likeness (QED) is 0.374. The number of aliphatic hydroxyl groups is 1. The highest BCUT2D eigenvalue weighted by molar-refractivity contribution is 6.19. The molecular weight excluding hydrogens is 174 g/mol. The van der Waals surface area contributed by atoms with E-state index >= 15 is 0 Å². The van der Waals surface area contributed by atoms with Crippen LogP contribution >= 0.6 is 11.6 Å². The Bertz CT molecular complexity index is 117. The topological polar surface area (TPSA) is 32.6 Å². The van der Waals surface area contributed by atoms with E-state index in [1.54, 1.807) is 0 Å². The number of halogens is 1. The van der Waals surface area contributed by atoms with E-state index in [-0.39, 0.29) is 5.88 Å². The van der Waals surface area contributed by atoms with Crippen molar-refractivity contribution in [3.8, 4) is 0 Å². The molecule has 2 nitrogen and oxygen atoms in total. The van der Waals surface area contributed by atoms with Crippen molar-refractivity contribution in [3.63, 3.8) is 0 Å². The second-order valence-electron chi connectivity index (χ2n) is 2.84. The first-order valence-corrected chi connectivity index (χ1v) is 5.08. The van der Waals surface area contributed by atoms with Gasteiger partial charge in [0.15, 0.2) is 0 Å². The van der Waals surface area contributed by atoms with Crippen LogP contribution in [0.1, 0.15) is 32.6 Å². The first kappa shape index (κ1) is 11.9. The molecule has 1 unspecified atom stereocenters. The predicted molar refractivity (Wildman–Crippen MR) is 54.2 cm³/mol.